The third-order valence-electron chi connectivity index (χ3n) is 4.32. The molecule has 0 bridgehead atoms. The molecule has 0 aliphatic rings. The molecule has 6 heteroatoms. The lowest BCUT2D eigenvalue weighted by molar-refractivity contribution is 0.0470. The maximum Gasteiger partial charge on any atom is 0.340 e. The van der Waals surface area contributed by atoms with E-state index in [1.54, 1.807) is 30.6 Å². The first-order valence-corrected chi connectivity index (χ1v) is 8.39. The van der Waals surface area contributed by atoms with Crippen LogP contribution in [-0.4, -0.2) is 19.9 Å². The van der Waals surface area contributed by atoms with Crippen molar-refractivity contribution in [2.75, 3.05) is 0 Å². The van der Waals surface area contributed by atoms with Crippen LogP contribution < -0.4 is 5.56 Å². The largest absolute Gasteiger partial charge is 0.456 e. The van der Waals surface area contributed by atoms with Crippen LogP contribution in [0.2, 0.25) is 0 Å². The molecule has 0 aliphatic carbocycles. The molecule has 0 spiro atoms. The summed E-state index contributed by atoms with van der Waals surface area (Å²) in [6.07, 6.45) is 3.45. The van der Waals surface area contributed by atoms with E-state index in [1.807, 2.05) is 35.8 Å². The van der Waals surface area contributed by atoms with Crippen LogP contribution in [0.1, 0.15) is 23.0 Å². The van der Waals surface area contributed by atoms with E-state index in [1.165, 1.54) is 10.5 Å². The highest BCUT2D eigenvalue weighted by Crippen LogP contribution is 2.22. The van der Waals surface area contributed by atoms with E-state index >= 15 is 0 Å². The number of fused-ring (bicyclic) bond motifs is 2. The summed E-state index contributed by atoms with van der Waals surface area (Å²) < 4.78 is 8.87. The zero-order valence-electron chi connectivity index (χ0n) is 14.3. The van der Waals surface area contributed by atoms with E-state index in [0.29, 0.717) is 16.9 Å². The van der Waals surface area contributed by atoms with Crippen LogP contribution in [0.15, 0.2) is 65.7 Å². The monoisotopic (exact) mass is 347 g/mol. The Labute approximate surface area is 149 Å². The van der Waals surface area contributed by atoms with Gasteiger partial charge in [-0.3, -0.25) is 9.20 Å². The number of aromatic nitrogens is 3. The van der Waals surface area contributed by atoms with Gasteiger partial charge in [-0.1, -0.05) is 24.3 Å². The van der Waals surface area contributed by atoms with E-state index in [4.69, 9.17) is 4.74 Å². The fourth-order valence-electron chi connectivity index (χ4n) is 3.07. The van der Waals surface area contributed by atoms with Crippen LogP contribution in [0.3, 0.4) is 0 Å². The lowest BCUT2D eigenvalue weighted by atomic mass is 10.2. The van der Waals surface area contributed by atoms with Gasteiger partial charge in [0.05, 0.1) is 11.3 Å². The third-order valence-corrected chi connectivity index (χ3v) is 4.32. The highest BCUT2D eigenvalue weighted by atomic mass is 16.5. The van der Waals surface area contributed by atoms with Crippen LogP contribution in [0, 0.1) is 0 Å². The molecule has 0 radical (unpaired) electrons. The number of para-hydroxylation sites is 1. The highest BCUT2D eigenvalue weighted by Gasteiger charge is 2.16. The molecular formula is C20H17N3O3. The van der Waals surface area contributed by atoms with Gasteiger partial charge in [-0.2, -0.15) is 0 Å². The predicted molar refractivity (Wildman–Crippen MR) is 98.2 cm³/mol. The van der Waals surface area contributed by atoms with Gasteiger partial charge in [0.15, 0.2) is 0 Å². The Kier molecular flexibility index (Phi) is 4.01. The number of pyridine rings is 1. The number of hydrogen-bond donors (Lipinski definition) is 0. The molecule has 4 rings (SSSR count). The zero-order valence-corrected chi connectivity index (χ0v) is 14.3. The fraction of sp³-hybridized carbons (Fsp3) is 0.150. The van der Waals surface area contributed by atoms with Crippen LogP contribution in [0.25, 0.3) is 16.6 Å². The molecule has 1 aromatic carbocycles. The molecule has 0 unspecified atom stereocenters. The smallest absolute Gasteiger partial charge is 0.340 e. The standard InChI is InChI=1S/C20H17N3O3/c1-2-22-12-16(15-7-3-4-8-17(15)22)20(25)26-13-14-11-19(24)23-10-6-5-9-18(23)21-14/h3-12H,2,13H2,1H3. The Morgan fingerprint density at radius 2 is 1.96 bits per heavy atom. The van der Waals surface area contributed by atoms with Gasteiger partial charge >= 0.3 is 5.97 Å². The molecule has 0 amide bonds. The van der Waals surface area contributed by atoms with E-state index < -0.39 is 5.97 Å². The van der Waals surface area contributed by atoms with Gasteiger partial charge in [0, 0.05) is 35.9 Å². The molecule has 0 N–H and O–H groups in total. The van der Waals surface area contributed by atoms with Crippen molar-refractivity contribution in [1.29, 1.82) is 0 Å². The summed E-state index contributed by atoms with van der Waals surface area (Å²) in [6.45, 7) is 2.73. The average Bonchev–Trinajstić information content (AvgIpc) is 3.05. The number of carbonyl (C=O) groups excluding carboxylic acids is 1. The van der Waals surface area contributed by atoms with Gasteiger partial charge in [-0.15, -0.1) is 0 Å². The summed E-state index contributed by atoms with van der Waals surface area (Å²) >= 11 is 0. The molecule has 0 saturated carbocycles. The zero-order chi connectivity index (χ0) is 18.1. The lowest BCUT2D eigenvalue weighted by Crippen LogP contribution is -2.16. The summed E-state index contributed by atoms with van der Waals surface area (Å²) in [5.74, 6) is -0.427. The van der Waals surface area contributed by atoms with Crippen molar-refractivity contribution < 1.29 is 9.53 Å². The molecular weight excluding hydrogens is 330 g/mol. The maximum atomic E-state index is 12.6. The van der Waals surface area contributed by atoms with Crippen molar-refractivity contribution in [3.05, 3.63) is 82.5 Å². The average molecular weight is 347 g/mol. The third kappa shape index (κ3) is 2.75. The first-order valence-electron chi connectivity index (χ1n) is 8.39. The number of hydrogen-bond acceptors (Lipinski definition) is 4. The van der Waals surface area contributed by atoms with Gasteiger partial charge in [0.2, 0.25) is 0 Å². The van der Waals surface area contributed by atoms with Gasteiger partial charge in [-0.05, 0) is 25.1 Å². The topological polar surface area (TPSA) is 65.6 Å². The Morgan fingerprint density at radius 3 is 2.81 bits per heavy atom. The first kappa shape index (κ1) is 16.1. The van der Waals surface area contributed by atoms with E-state index in [0.717, 1.165) is 17.4 Å². The van der Waals surface area contributed by atoms with Crippen LogP contribution in [0.4, 0.5) is 0 Å². The quantitative estimate of drug-likeness (QED) is 0.532. The van der Waals surface area contributed by atoms with Crippen LogP contribution in [-0.2, 0) is 17.9 Å². The fourth-order valence-corrected chi connectivity index (χ4v) is 3.07. The van der Waals surface area contributed by atoms with Gasteiger partial charge in [0.25, 0.3) is 5.56 Å². The van der Waals surface area contributed by atoms with Gasteiger partial charge in [0.1, 0.15) is 12.3 Å². The van der Waals surface area contributed by atoms with Crippen molar-refractivity contribution in [3.63, 3.8) is 0 Å². The van der Waals surface area contributed by atoms with Crippen LogP contribution in [0.5, 0.6) is 0 Å². The summed E-state index contributed by atoms with van der Waals surface area (Å²) in [5.41, 5.74) is 2.25. The van der Waals surface area contributed by atoms with Crippen molar-refractivity contribution in [2.24, 2.45) is 0 Å². The van der Waals surface area contributed by atoms with Crippen molar-refractivity contribution in [2.45, 2.75) is 20.1 Å². The Bertz CT molecular complexity index is 1170. The first-order chi connectivity index (χ1) is 12.7. The maximum absolute atomic E-state index is 12.6. The Hall–Kier alpha value is -3.41. The second-order valence-electron chi connectivity index (χ2n) is 5.94. The molecule has 0 aliphatic heterocycles. The molecule has 3 aromatic heterocycles. The number of nitrogens with zero attached hydrogens (tertiary/aromatic N) is 3. The van der Waals surface area contributed by atoms with Crippen molar-refractivity contribution in [3.8, 4) is 0 Å². The van der Waals surface area contributed by atoms with Crippen molar-refractivity contribution in [1.82, 2.24) is 14.0 Å². The molecule has 3 heterocycles. The number of aryl methyl sites for hydroxylation is 1. The molecule has 0 saturated heterocycles. The lowest BCUT2D eigenvalue weighted by Gasteiger charge is -2.05. The molecule has 6 nitrogen and oxygen atoms in total. The minimum Gasteiger partial charge on any atom is -0.456 e. The summed E-state index contributed by atoms with van der Waals surface area (Å²) in [6, 6.07) is 14.4. The number of ether oxygens (including phenoxy) is 1. The van der Waals surface area contributed by atoms with Crippen molar-refractivity contribution >= 4 is 22.5 Å². The number of benzene rings is 1. The molecule has 130 valence electrons. The Balaban J connectivity index is 1.61. The van der Waals surface area contributed by atoms with Gasteiger partial charge in [-0.25, -0.2) is 9.78 Å². The number of esters is 1. The second kappa shape index (κ2) is 6.48. The molecule has 0 fully saturated rings. The Morgan fingerprint density at radius 1 is 1.15 bits per heavy atom. The minimum atomic E-state index is -0.427. The number of carbonyl (C=O) groups is 1. The summed E-state index contributed by atoms with van der Waals surface area (Å²) in [7, 11) is 0. The van der Waals surface area contributed by atoms with E-state index in [2.05, 4.69) is 4.98 Å². The highest BCUT2D eigenvalue weighted by molar-refractivity contribution is 6.04. The van der Waals surface area contributed by atoms with Crippen LogP contribution >= 0.6 is 0 Å². The summed E-state index contributed by atoms with van der Waals surface area (Å²) in [5, 5.41) is 0.853. The second-order valence-corrected chi connectivity index (χ2v) is 5.94. The molecule has 0 atom stereocenters. The summed E-state index contributed by atoms with van der Waals surface area (Å²) in [4.78, 5) is 29.0. The molecule has 4 aromatic rings. The normalized spacial score (nSPS) is 11.1. The molecule has 26 heavy (non-hydrogen) atoms. The van der Waals surface area contributed by atoms with Gasteiger partial charge < -0.3 is 9.30 Å². The minimum absolute atomic E-state index is 0.0505. The predicted octanol–water partition coefficient (Wildman–Crippen LogP) is 3.03. The number of rotatable bonds is 4. The van der Waals surface area contributed by atoms with E-state index in [9.17, 15) is 9.59 Å². The SMILES string of the molecule is CCn1cc(C(=O)OCc2cc(=O)n3ccccc3n2)c2ccccc21. The van der Waals surface area contributed by atoms with E-state index in [-0.39, 0.29) is 12.2 Å².